The molecule has 0 aromatic rings. The molecule has 0 amide bonds. The largest absolute Gasteiger partial charge is 0.126 e. The fourth-order valence-corrected chi connectivity index (χ4v) is 1.24. The van der Waals surface area contributed by atoms with Crippen LogP contribution in [0.25, 0.3) is 0 Å². The maximum Gasteiger partial charge on any atom is -0.00716 e. The van der Waals surface area contributed by atoms with E-state index in [-0.39, 0.29) is 0 Å². The van der Waals surface area contributed by atoms with E-state index < -0.39 is 0 Å². The molecule has 0 unspecified atom stereocenters. The van der Waals surface area contributed by atoms with Crippen LogP contribution in [0.5, 0.6) is 0 Å². The molecule has 0 aliphatic heterocycles. The van der Waals surface area contributed by atoms with Crippen LogP contribution in [-0.2, 0) is 0 Å². The molecule has 0 rings (SSSR count). The van der Waals surface area contributed by atoms with Crippen molar-refractivity contribution in [3.05, 3.63) is 17.4 Å². The van der Waals surface area contributed by atoms with Crippen LogP contribution in [0.3, 0.4) is 0 Å². The van der Waals surface area contributed by atoms with Crippen LogP contribution in [-0.4, -0.2) is 0 Å². The van der Waals surface area contributed by atoms with Gasteiger partial charge in [-0.1, -0.05) is 34.1 Å². The number of allylic oxidation sites excluding steroid dienone is 1. The molecule has 0 atom stereocenters. The predicted octanol–water partition coefficient (Wildman–Crippen LogP) is 4.32. The lowest BCUT2D eigenvalue weighted by Gasteiger charge is -2.24. The summed E-state index contributed by atoms with van der Waals surface area (Å²) in [6.45, 7) is 11.1. The smallest absolute Gasteiger partial charge is 0.00716 e. The normalized spacial score (nSPS) is 10.8. The predicted molar refractivity (Wildman–Crippen MR) is 56.3 cm³/mol. The first kappa shape index (κ1) is 11.5. The summed E-state index contributed by atoms with van der Waals surface area (Å²) in [5.41, 5.74) is 5.17. The topological polar surface area (TPSA) is 0 Å². The minimum atomic E-state index is 0.336. The first-order chi connectivity index (χ1) is 5.58. The summed E-state index contributed by atoms with van der Waals surface area (Å²) in [5, 5.41) is 0. The van der Waals surface area contributed by atoms with E-state index in [0.29, 0.717) is 5.41 Å². The molecule has 0 heterocycles. The Balaban J connectivity index is 4.63. The van der Waals surface area contributed by atoms with Crippen molar-refractivity contribution < 1.29 is 0 Å². The van der Waals surface area contributed by atoms with Crippen molar-refractivity contribution in [3.8, 4) is 0 Å². The lowest BCUT2D eigenvalue weighted by atomic mass is 9.80. The van der Waals surface area contributed by atoms with Gasteiger partial charge in [-0.05, 0) is 36.8 Å². The fraction of sp³-hybridized carbons (Fsp3) is 0.750. The molecule has 0 N–H and O–H groups in total. The second-order valence-electron chi connectivity index (χ2n) is 3.90. The Hall–Kier alpha value is -0.480. The molecule has 0 radical (unpaired) electrons. The number of hydrogen-bond donors (Lipinski definition) is 0. The summed E-state index contributed by atoms with van der Waals surface area (Å²) in [4.78, 5) is 0. The van der Waals surface area contributed by atoms with Crippen molar-refractivity contribution in [1.82, 2.24) is 0 Å². The van der Waals surface area contributed by atoms with Gasteiger partial charge in [0.05, 0.1) is 0 Å². The molecule has 0 nitrogen and oxygen atoms in total. The van der Waals surface area contributed by atoms with Gasteiger partial charge in [0.15, 0.2) is 0 Å². The first-order valence-electron chi connectivity index (χ1n) is 4.99. The lowest BCUT2D eigenvalue weighted by Crippen LogP contribution is -2.12. The Bertz CT molecular complexity index is 178. The van der Waals surface area contributed by atoms with Gasteiger partial charge in [-0.2, -0.15) is 0 Å². The fourth-order valence-electron chi connectivity index (χ4n) is 1.24. The second-order valence-corrected chi connectivity index (χ2v) is 3.90. The van der Waals surface area contributed by atoms with Gasteiger partial charge in [-0.3, -0.25) is 0 Å². The molecule has 0 aliphatic carbocycles. The molecular formula is C12H22. The third kappa shape index (κ3) is 3.28. The second kappa shape index (κ2) is 5.22. The van der Waals surface area contributed by atoms with Crippen LogP contribution in [0.2, 0.25) is 0 Å². The molecule has 0 aliphatic rings. The Kier molecular flexibility index (Phi) is 5.01. The third-order valence-electron chi connectivity index (χ3n) is 2.52. The summed E-state index contributed by atoms with van der Waals surface area (Å²) in [7, 11) is 0. The van der Waals surface area contributed by atoms with Crippen LogP contribution in [0.15, 0.2) is 17.4 Å². The molecule has 0 spiro atoms. The standard InChI is InChI=1S/C12H22/c1-6-9-11(10-7-2)12(4,5)8-3/h6H,7-8,10H2,1-5H3. The highest BCUT2D eigenvalue weighted by Gasteiger charge is 2.19. The lowest BCUT2D eigenvalue weighted by molar-refractivity contribution is 0.413. The van der Waals surface area contributed by atoms with Crippen LogP contribution < -0.4 is 0 Å². The Labute approximate surface area is 77.4 Å². The van der Waals surface area contributed by atoms with E-state index in [4.69, 9.17) is 0 Å². The summed E-state index contributed by atoms with van der Waals surface area (Å²) >= 11 is 0. The highest BCUT2D eigenvalue weighted by atomic mass is 14.2. The van der Waals surface area contributed by atoms with Gasteiger partial charge in [0.1, 0.15) is 0 Å². The number of rotatable bonds is 4. The average Bonchev–Trinajstić information content (AvgIpc) is 2.04. The summed E-state index contributed by atoms with van der Waals surface area (Å²) < 4.78 is 0. The Morgan fingerprint density at radius 1 is 1.33 bits per heavy atom. The van der Waals surface area contributed by atoms with E-state index in [1.54, 1.807) is 0 Å². The first-order valence-corrected chi connectivity index (χ1v) is 4.99. The van der Waals surface area contributed by atoms with Gasteiger partial charge < -0.3 is 0 Å². The van der Waals surface area contributed by atoms with Crippen LogP contribution in [0.1, 0.15) is 53.9 Å². The molecule has 0 saturated carbocycles. The summed E-state index contributed by atoms with van der Waals surface area (Å²) in [6, 6.07) is 0. The van der Waals surface area contributed by atoms with Crippen molar-refractivity contribution in [2.75, 3.05) is 0 Å². The van der Waals surface area contributed by atoms with E-state index >= 15 is 0 Å². The molecule has 0 bridgehead atoms. The van der Waals surface area contributed by atoms with Crippen LogP contribution in [0.4, 0.5) is 0 Å². The Morgan fingerprint density at radius 3 is 2.25 bits per heavy atom. The zero-order valence-electron chi connectivity index (χ0n) is 9.20. The maximum atomic E-state index is 3.37. The molecular weight excluding hydrogens is 144 g/mol. The van der Waals surface area contributed by atoms with E-state index in [1.807, 2.05) is 13.0 Å². The van der Waals surface area contributed by atoms with Crippen molar-refractivity contribution in [2.45, 2.75) is 53.9 Å². The minimum Gasteiger partial charge on any atom is -0.126 e. The molecule has 70 valence electrons. The van der Waals surface area contributed by atoms with E-state index in [1.165, 1.54) is 24.8 Å². The minimum absolute atomic E-state index is 0.336. The third-order valence-corrected chi connectivity index (χ3v) is 2.52. The summed E-state index contributed by atoms with van der Waals surface area (Å²) in [6.07, 6.45) is 5.64. The highest BCUT2D eigenvalue weighted by molar-refractivity contribution is 5.10. The molecule has 0 heteroatoms. The quantitative estimate of drug-likeness (QED) is 0.545. The molecule has 0 aromatic carbocycles. The van der Waals surface area contributed by atoms with Gasteiger partial charge in [0, 0.05) is 0 Å². The molecule has 0 saturated heterocycles. The maximum absolute atomic E-state index is 3.37. The molecule has 12 heavy (non-hydrogen) atoms. The van der Waals surface area contributed by atoms with Gasteiger partial charge >= 0.3 is 0 Å². The molecule has 0 fully saturated rings. The zero-order chi connectivity index (χ0) is 9.61. The van der Waals surface area contributed by atoms with Crippen LogP contribution in [0, 0.1) is 5.41 Å². The van der Waals surface area contributed by atoms with E-state index in [9.17, 15) is 0 Å². The number of hydrogen-bond acceptors (Lipinski definition) is 0. The van der Waals surface area contributed by atoms with Gasteiger partial charge in [-0.15, -0.1) is 5.73 Å². The van der Waals surface area contributed by atoms with E-state index in [2.05, 4.69) is 33.4 Å². The van der Waals surface area contributed by atoms with Crippen molar-refractivity contribution in [2.24, 2.45) is 5.41 Å². The SMILES string of the molecule is CC=C=C(CCC)C(C)(C)CC. The van der Waals surface area contributed by atoms with Crippen LogP contribution >= 0.6 is 0 Å². The Morgan fingerprint density at radius 2 is 1.92 bits per heavy atom. The zero-order valence-corrected chi connectivity index (χ0v) is 9.20. The van der Waals surface area contributed by atoms with Crippen molar-refractivity contribution in [1.29, 1.82) is 0 Å². The van der Waals surface area contributed by atoms with E-state index in [0.717, 1.165) is 0 Å². The van der Waals surface area contributed by atoms with Gasteiger partial charge in [0.2, 0.25) is 0 Å². The van der Waals surface area contributed by atoms with Crippen molar-refractivity contribution in [3.63, 3.8) is 0 Å². The molecule has 0 aromatic heterocycles. The highest BCUT2D eigenvalue weighted by Crippen LogP contribution is 2.31. The van der Waals surface area contributed by atoms with Gasteiger partial charge in [-0.25, -0.2) is 0 Å². The average molecular weight is 166 g/mol. The van der Waals surface area contributed by atoms with Crippen molar-refractivity contribution >= 4 is 0 Å². The van der Waals surface area contributed by atoms with Gasteiger partial charge in [0.25, 0.3) is 0 Å². The monoisotopic (exact) mass is 166 g/mol. The summed E-state index contributed by atoms with van der Waals surface area (Å²) in [5.74, 6) is 0.